The Kier molecular flexibility index (Phi) is 6.83. The molecule has 0 aromatic carbocycles. The number of hydrogen-bond acceptors (Lipinski definition) is 5. The molecule has 1 amide bonds. The largest absolute Gasteiger partial charge is 0.480 e. The van der Waals surface area contributed by atoms with Crippen molar-refractivity contribution in [1.29, 1.82) is 0 Å². The lowest BCUT2D eigenvalue weighted by Gasteiger charge is -2.23. The summed E-state index contributed by atoms with van der Waals surface area (Å²) in [6.07, 6.45) is 6.87. The SMILES string of the molecule is CC(C)(C)OC(=O)NC(Cc1ccc(OC2CCCCC2)nc1)C(=O)O. The summed E-state index contributed by atoms with van der Waals surface area (Å²) < 4.78 is 11.0. The molecule has 0 bridgehead atoms. The highest BCUT2D eigenvalue weighted by Crippen LogP contribution is 2.22. The summed E-state index contributed by atoms with van der Waals surface area (Å²) >= 11 is 0. The molecule has 1 aromatic rings. The Bertz CT molecular complexity index is 603. The fourth-order valence-corrected chi connectivity index (χ4v) is 2.84. The molecule has 0 spiro atoms. The maximum Gasteiger partial charge on any atom is 0.408 e. The van der Waals surface area contributed by atoms with E-state index >= 15 is 0 Å². The molecular weight excluding hydrogens is 336 g/mol. The molecule has 1 saturated carbocycles. The van der Waals surface area contributed by atoms with Crippen molar-refractivity contribution < 1.29 is 24.2 Å². The predicted molar refractivity (Wildman–Crippen MR) is 96.2 cm³/mol. The molecule has 0 radical (unpaired) electrons. The number of carboxylic acids is 1. The second kappa shape index (κ2) is 8.87. The number of carboxylic acid groups (broad SMARTS) is 1. The minimum Gasteiger partial charge on any atom is -0.480 e. The molecule has 7 heteroatoms. The first kappa shape index (κ1) is 20.0. The van der Waals surface area contributed by atoms with Crippen molar-refractivity contribution in [1.82, 2.24) is 10.3 Å². The lowest BCUT2D eigenvalue weighted by atomic mass is 9.98. The standard InChI is InChI=1S/C19H28N2O5/c1-19(2,3)26-18(24)21-15(17(22)23)11-13-9-10-16(20-12-13)25-14-7-5-4-6-8-14/h9-10,12,14-15H,4-8,11H2,1-3H3,(H,21,24)(H,22,23). The molecular formula is C19H28N2O5. The Morgan fingerprint density at radius 2 is 1.96 bits per heavy atom. The zero-order valence-electron chi connectivity index (χ0n) is 15.7. The molecule has 0 saturated heterocycles. The van der Waals surface area contributed by atoms with E-state index in [-0.39, 0.29) is 12.5 Å². The van der Waals surface area contributed by atoms with Gasteiger partial charge in [0.15, 0.2) is 0 Å². The molecule has 1 heterocycles. The Hall–Kier alpha value is -2.31. The first-order valence-corrected chi connectivity index (χ1v) is 9.07. The Balaban J connectivity index is 1.91. The van der Waals surface area contributed by atoms with Gasteiger partial charge in [0.2, 0.25) is 5.88 Å². The maximum absolute atomic E-state index is 11.8. The topological polar surface area (TPSA) is 97.8 Å². The third-order valence-electron chi connectivity index (χ3n) is 4.07. The number of amides is 1. The summed E-state index contributed by atoms with van der Waals surface area (Å²) in [5.41, 5.74) is 0.0109. The van der Waals surface area contributed by atoms with Gasteiger partial charge in [-0.2, -0.15) is 0 Å². The average Bonchev–Trinajstić information content (AvgIpc) is 2.55. The molecule has 1 aliphatic rings. The molecule has 1 unspecified atom stereocenters. The molecule has 2 N–H and O–H groups in total. The van der Waals surface area contributed by atoms with Crippen molar-refractivity contribution in [3.63, 3.8) is 0 Å². The Morgan fingerprint density at radius 3 is 2.50 bits per heavy atom. The maximum atomic E-state index is 11.8. The zero-order valence-corrected chi connectivity index (χ0v) is 15.7. The van der Waals surface area contributed by atoms with Crippen LogP contribution >= 0.6 is 0 Å². The van der Waals surface area contributed by atoms with Gasteiger partial charge in [0.1, 0.15) is 17.7 Å². The van der Waals surface area contributed by atoms with Crippen LogP contribution in [0, 0.1) is 0 Å². The van der Waals surface area contributed by atoms with Crippen molar-refractivity contribution >= 4 is 12.1 Å². The number of aliphatic carboxylic acids is 1. The van der Waals surface area contributed by atoms with E-state index in [9.17, 15) is 14.7 Å². The number of nitrogens with one attached hydrogen (secondary N) is 1. The zero-order chi connectivity index (χ0) is 19.2. The van der Waals surface area contributed by atoms with Crippen LogP contribution < -0.4 is 10.1 Å². The van der Waals surface area contributed by atoms with E-state index in [1.54, 1.807) is 39.1 Å². The number of carbonyl (C=O) groups excluding carboxylic acids is 1. The number of hydrogen-bond donors (Lipinski definition) is 2. The van der Waals surface area contributed by atoms with Gasteiger partial charge in [-0.25, -0.2) is 14.6 Å². The van der Waals surface area contributed by atoms with E-state index in [1.807, 2.05) is 0 Å². The van der Waals surface area contributed by atoms with Crippen molar-refractivity contribution in [2.24, 2.45) is 0 Å². The molecule has 7 nitrogen and oxygen atoms in total. The fraction of sp³-hybridized carbons (Fsp3) is 0.632. The van der Waals surface area contributed by atoms with Gasteiger partial charge in [0.25, 0.3) is 0 Å². The third-order valence-corrected chi connectivity index (χ3v) is 4.07. The molecule has 1 atom stereocenters. The number of alkyl carbamates (subject to hydrolysis) is 1. The van der Waals surface area contributed by atoms with Crippen LogP contribution in [-0.2, 0) is 16.0 Å². The first-order valence-electron chi connectivity index (χ1n) is 9.07. The molecule has 1 fully saturated rings. The van der Waals surface area contributed by atoms with Gasteiger partial charge in [0.05, 0.1) is 0 Å². The summed E-state index contributed by atoms with van der Waals surface area (Å²) in [7, 11) is 0. The number of aromatic nitrogens is 1. The predicted octanol–water partition coefficient (Wildman–Crippen LogP) is 3.31. The van der Waals surface area contributed by atoms with Gasteiger partial charge in [0, 0.05) is 18.7 Å². The average molecular weight is 364 g/mol. The summed E-state index contributed by atoms with van der Waals surface area (Å²) in [6.45, 7) is 5.16. The lowest BCUT2D eigenvalue weighted by Crippen LogP contribution is -2.44. The monoisotopic (exact) mass is 364 g/mol. The van der Waals surface area contributed by atoms with Crippen LogP contribution in [0.3, 0.4) is 0 Å². The second-order valence-electron chi connectivity index (χ2n) is 7.62. The quantitative estimate of drug-likeness (QED) is 0.804. The molecule has 26 heavy (non-hydrogen) atoms. The van der Waals surface area contributed by atoms with Gasteiger partial charge < -0.3 is 19.9 Å². The van der Waals surface area contributed by atoms with Gasteiger partial charge in [-0.1, -0.05) is 12.5 Å². The van der Waals surface area contributed by atoms with Crippen LogP contribution in [0.4, 0.5) is 4.79 Å². The smallest absolute Gasteiger partial charge is 0.408 e. The fourth-order valence-electron chi connectivity index (χ4n) is 2.84. The highest BCUT2D eigenvalue weighted by atomic mass is 16.6. The number of rotatable bonds is 6. The highest BCUT2D eigenvalue weighted by Gasteiger charge is 2.24. The number of nitrogens with zero attached hydrogens (tertiary/aromatic N) is 1. The number of carbonyl (C=O) groups is 2. The number of pyridine rings is 1. The van der Waals surface area contributed by atoms with E-state index < -0.39 is 23.7 Å². The van der Waals surface area contributed by atoms with E-state index in [1.165, 1.54) is 19.3 Å². The Morgan fingerprint density at radius 1 is 1.27 bits per heavy atom. The van der Waals surface area contributed by atoms with Gasteiger partial charge in [-0.15, -0.1) is 0 Å². The summed E-state index contributed by atoms with van der Waals surface area (Å²) in [5, 5.41) is 11.7. The lowest BCUT2D eigenvalue weighted by molar-refractivity contribution is -0.139. The van der Waals surface area contributed by atoms with Crippen LogP contribution in [0.5, 0.6) is 5.88 Å². The number of ether oxygens (including phenoxy) is 2. The third kappa shape index (κ3) is 6.90. The first-order chi connectivity index (χ1) is 12.2. The minimum atomic E-state index is -1.13. The van der Waals surface area contributed by atoms with Crippen molar-refractivity contribution in [3.8, 4) is 5.88 Å². The molecule has 0 aliphatic heterocycles. The molecule has 144 valence electrons. The minimum absolute atomic E-state index is 0.116. The van der Waals surface area contributed by atoms with E-state index in [2.05, 4.69) is 10.3 Å². The molecule has 1 aromatic heterocycles. The van der Waals surface area contributed by atoms with Crippen molar-refractivity contribution in [3.05, 3.63) is 23.9 Å². The normalized spacial score (nSPS) is 16.6. The summed E-state index contributed by atoms with van der Waals surface area (Å²) in [5.74, 6) is -0.578. The van der Waals surface area contributed by atoms with Crippen molar-refractivity contribution in [2.75, 3.05) is 0 Å². The van der Waals surface area contributed by atoms with Crippen LogP contribution in [0.15, 0.2) is 18.3 Å². The highest BCUT2D eigenvalue weighted by molar-refractivity contribution is 5.80. The van der Waals surface area contributed by atoms with E-state index in [4.69, 9.17) is 9.47 Å². The Labute approximate surface area is 154 Å². The summed E-state index contributed by atoms with van der Waals surface area (Å²) in [6, 6.07) is 2.44. The van der Waals surface area contributed by atoms with Gasteiger partial charge >= 0.3 is 12.1 Å². The molecule has 2 rings (SSSR count). The molecule has 1 aliphatic carbocycles. The van der Waals surface area contributed by atoms with Crippen molar-refractivity contribution in [2.45, 2.75) is 77.0 Å². The van der Waals surface area contributed by atoms with Crippen LogP contribution in [0.1, 0.15) is 58.4 Å². The summed E-state index contributed by atoms with van der Waals surface area (Å²) in [4.78, 5) is 27.5. The van der Waals surface area contributed by atoms with E-state index in [0.717, 1.165) is 12.8 Å². The van der Waals surface area contributed by atoms with Crippen LogP contribution in [0.25, 0.3) is 0 Å². The van der Waals surface area contributed by atoms with Gasteiger partial charge in [-0.3, -0.25) is 0 Å². The van der Waals surface area contributed by atoms with Crippen LogP contribution in [0.2, 0.25) is 0 Å². The van der Waals surface area contributed by atoms with Gasteiger partial charge in [-0.05, 0) is 52.0 Å². The van der Waals surface area contributed by atoms with Crippen LogP contribution in [-0.4, -0.2) is 39.9 Å². The van der Waals surface area contributed by atoms with E-state index in [0.29, 0.717) is 11.4 Å². The second-order valence-corrected chi connectivity index (χ2v) is 7.62.